The highest BCUT2D eigenvalue weighted by atomic mass is 16.3. The van der Waals surface area contributed by atoms with Crippen LogP contribution in [-0.2, 0) is 4.79 Å². The van der Waals surface area contributed by atoms with Crippen molar-refractivity contribution in [1.82, 2.24) is 0 Å². The van der Waals surface area contributed by atoms with Gasteiger partial charge in [-0.15, -0.1) is 0 Å². The van der Waals surface area contributed by atoms with Gasteiger partial charge in [-0.3, -0.25) is 4.79 Å². The average Bonchev–Trinajstić information content (AvgIpc) is 2.43. The molecule has 1 unspecified atom stereocenters. The second-order valence-corrected chi connectivity index (χ2v) is 6.58. The van der Waals surface area contributed by atoms with E-state index in [0.717, 1.165) is 6.42 Å². The largest absolute Gasteiger partial charge is 0.393 e. The standard InChI is InChI=1S/C19H38O2/c1-3-4-5-6-7-8-9-10-11-12-13-14-15-16-19(21)17-18(2)20/h18,20H,3-17H2,1-2H3. The molecular formula is C19H38O2. The van der Waals surface area contributed by atoms with Gasteiger partial charge in [-0.1, -0.05) is 84.0 Å². The molecule has 0 heterocycles. The number of hydrogen-bond acceptors (Lipinski definition) is 2. The van der Waals surface area contributed by atoms with Gasteiger partial charge >= 0.3 is 0 Å². The van der Waals surface area contributed by atoms with Gasteiger partial charge in [-0.05, 0) is 13.3 Å². The Kier molecular flexibility index (Phi) is 15.7. The second kappa shape index (κ2) is 16.0. The van der Waals surface area contributed by atoms with E-state index in [1.807, 2.05) is 0 Å². The fourth-order valence-corrected chi connectivity index (χ4v) is 2.77. The number of rotatable bonds is 16. The molecule has 1 N–H and O–H groups in total. The molecule has 0 saturated heterocycles. The Morgan fingerprint density at radius 2 is 1.14 bits per heavy atom. The smallest absolute Gasteiger partial charge is 0.135 e. The van der Waals surface area contributed by atoms with E-state index in [2.05, 4.69) is 6.92 Å². The highest BCUT2D eigenvalue weighted by molar-refractivity contribution is 5.78. The second-order valence-electron chi connectivity index (χ2n) is 6.58. The van der Waals surface area contributed by atoms with Crippen LogP contribution >= 0.6 is 0 Å². The first-order valence-electron chi connectivity index (χ1n) is 9.36. The van der Waals surface area contributed by atoms with Gasteiger partial charge in [0, 0.05) is 12.8 Å². The molecule has 2 nitrogen and oxygen atoms in total. The van der Waals surface area contributed by atoms with Gasteiger partial charge in [0.05, 0.1) is 6.10 Å². The molecule has 0 aliphatic heterocycles. The minimum absolute atomic E-state index is 0.216. The molecule has 0 saturated carbocycles. The van der Waals surface area contributed by atoms with E-state index in [0.29, 0.717) is 12.8 Å². The predicted molar refractivity (Wildman–Crippen MR) is 91.6 cm³/mol. The molecule has 1 atom stereocenters. The predicted octanol–water partition coefficient (Wildman–Crippen LogP) is 5.81. The van der Waals surface area contributed by atoms with Crippen molar-refractivity contribution >= 4 is 5.78 Å². The summed E-state index contributed by atoms with van der Waals surface area (Å²) in [5.74, 6) is 0.216. The Morgan fingerprint density at radius 1 is 0.762 bits per heavy atom. The molecule has 0 rings (SSSR count). The molecule has 0 aromatic carbocycles. The van der Waals surface area contributed by atoms with E-state index in [9.17, 15) is 4.79 Å². The lowest BCUT2D eigenvalue weighted by molar-refractivity contribution is -0.120. The normalized spacial score (nSPS) is 12.5. The monoisotopic (exact) mass is 298 g/mol. The van der Waals surface area contributed by atoms with Crippen LogP contribution in [0.3, 0.4) is 0 Å². The third-order valence-electron chi connectivity index (χ3n) is 4.08. The molecule has 0 radical (unpaired) electrons. The molecule has 0 amide bonds. The Hall–Kier alpha value is -0.370. The summed E-state index contributed by atoms with van der Waals surface area (Å²) in [6.07, 6.45) is 17.8. The molecule has 2 heteroatoms. The Balaban J connectivity index is 3.07. The minimum atomic E-state index is -0.473. The Bertz CT molecular complexity index is 224. The summed E-state index contributed by atoms with van der Waals surface area (Å²) in [5, 5.41) is 9.11. The lowest BCUT2D eigenvalue weighted by Gasteiger charge is -2.04. The van der Waals surface area contributed by atoms with Crippen LogP contribution in [0.5, 0.6) is 0 Å². The first-order chi connectivity index (χ1) is 10.2. The highest BCUT2D eigenvalue weighted by Crippen LogP contribution is 2.13. The Morgan fingerprint density at radius 3 is 1.52 bits per heavy atom. The maximum atomic E-state index is 11.4. The molecule has 0 fully saturated rings. The average molecular weight is 299 g/mol. The first-order valence-corrected chi connectivity index (χ1v) is 9.36. The third-order valence-corrected chi connectivity index (χ3v) is 4.08. The van der Waals surface area contributed by atoms with Crippen LogP contribution in [-0.4, -0.2) is 17.0 Å². The topological polar surface area (TPSA) is 37.3 Å². The van der Waals surface area contributed by atoms with Crippen molar-refractivity contribution in [1.29, 1.82) is 0 Å². The van der Waals surface area contributed by atoms with E-state index >= 15 is 0 Å². The number of hydrogen-bond donors (Lipinski definition) is 1. The number of unbranched alkanes of at least 4 members (excludes halogenated alkanes) is 12. The van der Waals surface area contributed by atoms with Crippen LogP contribution in [0.2, 0.25) is 0 Å². The van der Waals surface area contributed by atoms with Gasteiger partial charge in [0.15, 0.2) is 0 Å². The number of ketones is 1. The molecule has 0 aliphatic carbocycles. The summed E-state index contributed by atoms with van der Waals surface area (Å²) >= 11 is 0. The summed E-state index contributed by atoms with van der Waals surface area (Å²) in [5.41, 5.74) is 0. The molecule has 0 aromatic heterocycles. The zero-order chi connectivity index (χ0) is 15.8. The summed E-state index contributed by atoms with van der Waals surface area (Å²) < 4.78 is 0. The van der Waals surface area contributed by atoms with Crippen LogP contribution < -0.4 is 0 Å². The van der Waals surface area contributed by atoms with Crippen molar-refractivity contribution in [2.75, 3.05) is 0 Å². The number of carbonyl (C=O) groups excluding carboxylic acids is 1. The van der Waals surface area contributed by atoms with Crippen LogP contribution in [0.1, 0.15) is 110 Å². The van der Waals surface area contributed by atoms with Gasteiger partial charge in [0.25, 0.3) is 0 Å². The third kappa shape index (κ3) is 17.6. The number of carbonyl (C=O) groups is 1. The molecule has 0 bridgehead atoms. The van der Waals surface area contributed by atoms with Gasteiger partial charge in [0.1, 0.15) is 5.78 Å². The van der Waals surface area contributed by atoms with E-state index in [-0.39, 0.29) is 5.78 Å². The SMILES string of the molecule is CCCCCCCCCCCCCCCC(=O)CC(C)O. The summed E-state index contributed by atoms with van der Waals surface area (Å²) in [6.45, 7) is 3.95. The van der Waals surface area contributed by atoms with Gasteiger partial charge in [-0.25, -0.2) is 0 Å². The highest BCUT2D eigenvalue weighted by Gasteiger charge is 2.05. The van der Waals surface area contributed by atoms with Crippen molar-refractivity contribution in [3.05, 3.63) is 0 Å². The van der Waals surface area contributed by atoms with Crippen molar-refractivity contribution in [3.63, 3.8) is 0 Å². The fourth-order valence-electron chi connectivity index (χ4n) is 2.77. The van der Waals surface area contributed by atoms with Gasteiger partial charge < -0.3 is 5.11 Å². The van der Waals surface area contributed by atoms with E-state index < -0.39 is 6.10 Å². The zero-order valence-electron chi connectivity index (χ0n) is 14.5. The minimum Gasteiger partial charge on any atom is -0.393 e. The van der Waals surface area contributed by atoms with E-state index in [1.54, 1.807) is 6.92 Å². The lowest BCUT2D eigenvalue weighted by atomic mass is 10.0. The molecule has 0 aliphatic rings. The van der Waals surface area contributed by atoms with Crippen molar-refractivity contribution < 1.29 is 9.90 Å². The fraction of sp³-hybridized carbons (Fsp3) is 0.947. The summed E-state index contributed by atoms with van der Waals surface area (Å²) in [4.78, 5) is 11.4. The lowest BCUT2D eigenvalue weighted by Crippen LogP contribution is -2.08. The summed E-state index contributed by atoms with van der Waals surface area (Å²) in [6, 6.07) is 0. The molecule has 21 heavy (non-hydrogen) atoms. The van der Waals surface area contributed by atoms with Crippen molar-refractivity contribution in [2.45, 2.75) is 116 Å². The van der Waals surface area contributed by atoms with E-state index in [1.165, 1.54) is 77.0 Å². The van der Waals surface area contributed by atoms with Crippen LogP contribution in [0.25, 0.3) is 0 Å². The van der Waals surface area contributed by atoms with Gasteiger partial charge in [-0.2, -0.15) is 0 Å². The Labute approximate surface area is 132 Å². The van der Waals surface area contributed by atoms with Crippen LogP contribution in [0, 0.1) is 0 Å². The van der Waals surface area contributed by atoms with Crippen molar-refractivity contribution in [3.8, 4) is 0 Å². The molecule has 126 valence electrons. The van der Waals surface area contributed by atoms with Gasteiger partial charge in [0.2, 0.25) is 0 Å². The quantitative estimate of drug-likeness (QED) is 0.365. The number of aliphatic hydroxyl groups excluding tert-OH is 1. The van der Waals surface area contributed by atoms with E-state index in [4.69, 9.17) is 5.11 Å². The zero-order valence-corrected chi connectivity index (χ0v) is 14.5. The maximum absolute atomic E-state index is 11.4. The van der Waals surface area contributed by atoms with Crippen LogP contribution in [0.4, 0.5) is 0 Å². The molecule has 0 aromatic rings. The number of aliphatic hydroxyl groups is 1. The maximum Gasteiger partial charge on any atom is 0.135 e. The van der Waals surface area contributed by atoms with Crippen molar-refractivity contribution in [2.24, 2.45) is 0 Å². The first kappa shape index (κ1) is 20.6. The summed E-state index contributed by atoms with van der Waals surface area (Å²) in [7, 11) is 0. The number of Topliss-reactive ketones (excluding diaryl/α,β-unsaturated/α-hetero) is 1. The molecular weight excluding hydrogens is 260 g/mol. The molecule has 0 spiro atoms. The van der Waals surface area contributed by atoms with Crippen LogP contribution in [0.15, 0.2) is 0 Å².